The zero-order valence-electron chi connectivity index (χ0n) is 6.61. The van der Waals surface area contributed by atoms with Gasteiger partial charge in [-0.25, -0.2) is 0 Å². The molecule has 1 aliphatic carbocycles. The fraction of sp³-hybridized carbons (Fsp3) is 0. The van der Waals surface area contributed by atoms with Gasteiger partial charge in [-0.1, -0.05) is 0 Å². The first-order chi connectivity index (χ1) is 6.25. The third-order valence-corrected chi connectivity index (χ3v) is 2.70. The van der Waals surface area contributed by atoms with Crippen molar-refractivity contribution in [2.24, 2.45) is 0 Å². The van der Waals surface area contributed by atoms with Crippen LogP contribution < -0.4 is 0 Å². The van der Waals surface area contributed by atoms with Gasteiger partial charge in [0.2, 0.25) is 0 Å². The van der Waals surface area contributed by atoms with E-state index in [0.29, 0.717) is 16.7 Å². The summed E-state index contributed by atoms with van der Waals surface area (Å²) in [5, 5.41) is 0. The average molecular weight is 285 g/mol. The molecule has 0 amide bonds. The normalized spacial score (nSPS) is 14.6. The number of Topliss-reactive ketones (excluding diaryl/α,β-unsaturated/α-hetero) is 2. The van der Waals surface area contributed by atoms with E-state index < -0.39 is 0 Å². The molecule has 0 saturated heterocycles. The summed E-state index contributed by atoms with van der Waals surface area (Å²) in [5.41, 5.74) is 1.36. The molecule has 1 aromatic carbocycles. The van der Waals surface area contributed by atoms with Crippen molar-refractivity contribution in [3.63, 3.8) is 0 Å². The van der Waals surface area contributed by atoms with Crippen LogP contribution in [0.1, 0.15) is 20.7 Å². The van der Waals surface area contributed by atoms with Crippen molar-refractivity contribution in [1.82, 2.24) is 0 Å². The molecule has 0 saturated carbocycles. The van der Waals surface area contributed by atoms with Crippen molar-refractivity contribution in [3.05, 3.63) is 45.1 Å². The van der Waals surface area contributed by atoms with Gasteiger partial charge in [0.25, 0.3) is 0 Å². The van der Waals surface area contributed by atoms with E-state index in [1.807, 2.05) is 0 Å². The van der Waals surface area contributed by atoms with E-state index in [4.69, 9.17) is 0 Å². The zero-order chi connectivity index (χ0) is 9.42. The second-order valence-electron chi connectivity index (χ2n) is 2.74. The molecule has 0 unspecified atom stereocenters. The zero-order valence-corrected chi connectivity index (χ0v) is 8.94. The van der Waals surface area contributed by atoms with Crippen molar-refractivity contribution in [2.45, 2.75) is 0 Å². The van der Waals surface area contributed by atoms with Crippen LogP contribution in [0.4, 0.5) is 0 Å². The van der Waals surface area contributed by atoms with Crippen LogP contribution in [0.25, 0.3) is 0 Å². The van der Waals surface area contributed by atoms with Crippen LogP contribution in [-0.4, -0.2) is 33.9 Å². The average Bonchev–Trinajstić information content (AvgIpc) is 2.41. The van der Waals surface area contributed by atoms with E-state index in [1.54, 1.807) is 50.7 Å². The number of fused-ring (bicyclic) bond motifs is 1. The number of allylic oxidation sites excluding steroid dienone is 1. The molecule has 1 aromatic rings. The van der Waals surface area contributed by atoms with Crippen LogP contribution >= 0.6 is 0 Å². The molecule has 0 bridgehead atoms. The van der Waals surface area contributed by atoms with E-state index in [1.165, 1.54) is 0 Å². The topological polar surface area (TPSA) is 34.1 Å². The van der Waals surface area contributed by atoms with Gasteiger partial charge in [0.1, 0.15) is 0 Å². The summed E-state index contributed by atoms with van der Waals surface area (Å²) in [5.74, 6) is -0.295. The maximum absolute atomic E-state index is 11.6. The molecule has 3 heteroatoms. The molecule has 13 heavy (non-hydrogen) atoms. The van der Waals surface area contributed by atoms with Gasteiger partial charge in [0.05, 0.1) is 0 Å². The molecule has 0 N–H and O–H groups in total. The molecule has 0 heterocycles. The van der Waals surface area contributed by atoms with Gasteiger partial charge in [-0.05, 0) is 0 Å². The minimum atomic E-state index is -0.147. The summed E-state index contributed by atoms with van der Waals surface area (Å²) in [6.07, 6.45) is 0. The summed E-state index contributed by atoms with van der Waals surface area (Å²) >= 11 is 1.64. The quantitative estimate of drug-likeness (QED) is 0.406. The van der Waals surface area contributed by atoms with Crippen LogP contribution in [0.3, 0.4) is 0 Å². The Bertz CT molecular complexity index is 395. The standard InChI is InChI=1S/C10H5O2Te/c11-9-6-3-1-2-4-7(6)10(12)8(9)5-13/h1-5H. The van der Waals surface area contributed by atoms with Crippen LogP contribution in [0.15, 0.2) is 34.0 Å². The van der Waals surface area contributed by atoms with Crippen LogP contribution in [-0.2, 0) is 0 Å². The summed E-state index contributed by atoms with van der Waals surface area (Å²) in [6, 6.07) is 6.91. The third kappa shape index (κ3) is 1.16. The Hall–Kier alpha value is -0.910. The van der Waals surface area contributed by atoms with E-state index in [0.717, 1.165) is 0 Å². The van der Waals surface area contributed by atoms with Crippen LogP contribution in [0, 0.1) is 0 Å². The molecule has 0 fully saturated rings. The van der Waals surface area contributed by atoms with Gasteiger partial charge in [-0.15, -0.1) is 0 Å². The van der Waals surface area contributed by atoms with Crippen molar-refractivity contribution in [3.8, 4) is 0 Å². The number of carbonyl (C=O) groups is 2. The Morgan fingerprint density at radius 3 is 1.85 bits per heavy atom. The Labute approximate surface area is 88.5 Å². The molecule has 0 spiro atoms. The van der Waals surface area contributed by atoms with Gasteiger partial charge in [-0.2, -0.15) is 0 Å². The van der Waals surface area contributed by atoms with Crippen molar-refractivity contribution in [1.29, 1.82) is 0 Å². The molecule has 0 atom stereocenters. The van der Waals surface area contributed by atoms with E-state index in [-0.39, 0.29) is 11.6 Å². The van der Waals surface area contributed by atoms with Gasteiger partial charge in [-0.3, -0.25) is 0 Å². The SMILES string of the molecule is O=C1C(=C[Te])C(=O)c2ccccc21. The fourth-order valence-corrected chi connectivity index (χ4v) is 1.99. The molecule has 0 aromatic heterocycles. The van der Waals surface area contributed by atoms with Crippen molar-refractivity contribution < 1.29 is 9.59 Å². The molecule has 1 aliphatic rings. The molecule has 2 nitrogen and oxygen atoms in total. The summed E-state index contributed by atoms with van der Waals surface area (Å²) in [4.78, 5) is 23.1. The molecule has 1 radical (unpaired) electrons. The van der Waals surface area contributed by atoms with Crippen LogP contribution in [0.5, 0.6) is 0 Å². The number of carbonyl (C=O) groups excluding carboxylic acids is 2. The Kier molecular flexibility index (Phi) is 2.07. The molecular formula is C10H5O2Te. The number of hydrogen-bond donors (Lipinski definition) is 0. The van der Waals surface area contributed by atoms with Crippen LogP contribution in [0.2, 0.25) is 0 Å². The predicted molar refractivity (Wildman–Crippen MR) is 48.9 cm³/mol. The first kappa shape index (κ1) is 8.68. The Morgan fingerprint density at radius 2 is 1.46 bits per heavy atom. The third-order valence-electron chi connectivity index (χ3n) is 2.02. The van der Waals surface area contributed by atoms with Crippen molar-refractivity contribution in [2.75, 3.05) is 0 Å². The number of hydrogen-bond acceptors (Lipinski definition) is 2. The monoisotopic (exact) mass is 287 g/mol. The predicted octanol–water partition coefficient (Wildman–Crippen LogP) is 1.12. The Morgan fingerprint density at radius 1 is 1.00 bits per heavy atom. The first-order valence-corrected chi connectivity index (χ1v) is 5.11. The Balaban J connectivity index is 2.71. The second-order valence-corrected chi connectivity index (χ2v) is 3.41. The minimum absolute atomic E-state index is 0.147. The van der Waals surface area contributed by atoms with Gasteiger partial charge in [0.15, 0.2) is 0 Å². The molecule has 2 rings (SSSR count). The van der Waals surface area contributed by atoms with E-state index >= 15 is 0 Å². The summed E-state index contributed by atoms with van der Waals surface area (Å²) < 4.78 is 1.58. The summed E-state index contributed by atoms with van der Waals surface area (Å²) in [7, 11) is 0. The van der Waals surface area contributed by atoms with Crippen molar-refractivity contribution >= 4 is 33.9 Å². The van der Waals surface area contributed by atoms with E-state index in [9.17, 15) is 9.59 Å². The fourth-order valence-electron chi connectivity index (χ4n) is 1.38. The number of rotatable bonds is 0. The second kappa shape index (κ2) is 3.10. The number of ketones is 2. The summed E-state index contributed by atoms with van der Waals surface area (Å²) in [6.45, 7) is 0. The van der Waals surface area contributed by atoms with E-state index in [2.05, 4.69) is 0 Å². The molecule has 0 aliphatic heterocycles. The maximum atomic E-state index is 11.6. The number of benzene rings is 1. The van der Waals surface area contributed by atoms with Gasteiger partial charge >= 0.3 is 88.5 Å². The molecular weight excluding hydrogens is 280 g/mol. The van der Waals surface area contributed by atoms with Gasteiger partial charge in [0, 0.05) is 0 Å². The molecule has 63 valence electrons. The first-order valence-electron chi connectivity index (χ1n) is 3.76. The van der Waals surface area contributed by atoms with Gasteiger partial charge < -0.3 is 0 Å².